The zero-order chi connectivity index (χ0) is 21.6. The monoisotopic (exact) mass is 400 g/mol. The van der Waals surface area contributed by atoms with Gasteiger partial charge in [-0.3, -0.25) is 14.4 Å². The van der Waals surface area contributed by atoms with Crippen molar-refractivity contribution in [3.8, 4) is 0 Å². The van der Waals surface area contributed by atoms with Crippen LogP contribution in [-0.2, 0) is 19.2 Å². The van der Waals surface area contributed by atoms with Gasteiger partial charge in [-0.05, 0) is 32.6 Å². The van der Waals surface area contributed by atoms with E-state index in [9.17, 15) is 29.4 Å². The molecule has 1 fully saturated rings. The summed E-state index contributed by atoms with van der Waals surface area (Å²) in [4.78, 5) is 49.7. The van der Waals surface area contributed by atoms with Crippen molar-refractivity contribution in [1.29, 1.82) is 0 Å². The molecule has 1 heterocycles. The highest BCUT2D eigenvalue weighted by atomic mass is 16.4. The minimum Gasteiger partial charge on any atom is -0.480 e. The van der Waals surface area contributed by atoms with Crippen LogP contribution >= 0.6 is 0 Å². The highest BCUT2D eigenvalue weighted by Crippen LogP contribution is 2.19. The summed E-state index contributed by atoms with van der Waals surface area (Å²) in [6.07, 6.45) is 0.315. The van der Waals surface area contributed by atoms with E-state index in [0.717, 1.165) is 4.90 Å². The molecule has 0 aromatic rings. The summed E-state index contributed by atoms with van der Waals surface area (Å²) in [5.41, 5.74) is 5.84. The summed E-state index contributed by atoms with van der Waals surface area (Å²) >= 11 is 0. The van der Waals surface area contributed by atoms with Crippen LogP contribution < -0.4 is 16.4 Å². The van der Waals surface area contributed by atoms with E-state index in [0.29, 0.717) is 19.3 Å². The first-order chi connectivity index (χ1) is 13.0. The van der Waals surface area contributed by atoms with E-state index in [4.69, 9.17) is 5.73 Å². The molecule has 28 heavy (non-hydrogen) atoms. The number of nitrogens with two attached hydrogens (primary N) is 1. The third-order valence-electron chi connectivity index (χ3n) is 5.18. The summed E-state index contributed by atoms with van der Waals surface area (Å²) in [6.45, 7) is 6.74. The van der Waals surface area contributed by atoms with Gasteiger partial charge in [-0.1, -0.05) is 20.3 Å². The average molecular weight is 400 g/mol. The van der Waals surface area contributed by atoms with Crippen molar-refractivity contribution in [2.45, 2.75) is 77.2 Å². The molecule has 0 aromatic heterocycles. The molecule has 6 atom stereocenters. The lowest BCUT2D eigenvalue weighted by Gasteiger charge is -2.29. The maximum absolute atomic E-state index is 12.7. The van der Waals surface area contributed by atoms with Crippen LogP contribution in [0.1, 0.15) is 47.0 Å². The Hall–Kier alpha value is -2.20. The maximum atomic E-state index is 12.7. The van der Waals surface area contributed by atoms with Crippen molar-refractivity contribution in [3.63, 3.8) is 0 Å². The summed E-state index contributed by atoms with van der Waals surface area (Å²) in [7, 11) is 0. The number of carbonyl (C=O) groups excluding carboxylic acids is 3. The Balaban J connectivity index is 2.77. The number of hydrogen-bond acceptors (Lipinski definition) is 6. The first kappa shape index (κ1) is 23.8. The van der Waals surface area contributed by atoms with E-state index in [-0.39, 0.29) is 12.5 Å². The van der Waals surface area contributed by atoms with Gasteiger partial charge in [0.1, 0.15) is 18.1 Å². The van der Waals surface area contributed by atoms with E-state index >= 15 is 0 Å². The summed E-state index contributed by atoms with van der Waals surface area (Å²) in [5, 5.41) is 24.1. The molecule has 1 aliphatic heterocycles. The third kappa shape index (κ3) is 5.90. The van der Waals surface area contributed by atoms with Gasteiger partial charge in [0.15, 0.2) is 0 Å². The molecule has 160 valence electrons. The number of carboxylic acids is 1. The fraction of sp³-hybridized carbons (Fsp3) is 0.778. The van der Waals surface area contributed by atoms with Gasteiger partial charge in [-0.15, -0.1) is 0 Å². The van der Waals surface area contributed by atoms with Crippen molar-refractivity contribution >= 4 is 23.7 Å². The van der Waals surface area contributed by atoms with Crippen molar-refractivity contribution < 1.29 is 29.4 Å². The topological polar surface area (TPSA) is 162 Å². The second-order valence-corrected chi connectivity index (χ2v) is 7.40. The molecule has 6 N–H and O–H groups in total. The normalized spacial score (nSPS) is 21.9. The second-order valence-electron chi connectivity index (χ2n) is 7.40. The predicted molar refractivity (Wildman–Crippen MR) is 101 cm³/mol. The molecule has 0 saturated carbocycles. The highest BCUT2D eigenvalue weighted by Gasteiger charge is 2.39. The molecule has 10 nitrogen and oxygen atoms in total. The lowest BCUT2D eigenvalue weighted by Crippen LogP contribution is -2.59. The van der Waals surface area contributed by atoms with Crippen LogP contribution in [0.2, 0.25) is 0 Å². The number of aliphatic carboxylic acids is 1. The van der Waals surface area contributed by atoms with E-state index in [1.807, 2.05) is 13.8 Å². The first-order valence-electron chi connectivity index (χ1n) is 9.58. The molecule has 1 rings (SSSR count). The van der Waals surface area contributed by atoms with Crippen molar-refractivity contribution in [2.75, 3.05) is 6.54 Å². The van der Waals surface area contributed by atoms with Crippen LogP contribution in [0, 0.1) is 5.92 Å². The van der Waals surface area contributed by atoms with Crippen molar-refractivity contribution in [1.82, 2.24) is 15.5 Å². The van der Waals surface area contributed by atoms with Crippen molar-refractivity contribution in [2.24, 2.45) is 11.7 Å². The molecule has 1 aliphatic rings. The van der Waals surface area contributed by atoms with Gasteiger partial charge < -0.3 is 31.5 Å². The number of aliphatic hydroxyl groups excluding tert-OH is 1. The maximum Gasteiger partial charge on any atom is 0.326 e. The van der Waals surface area contributed by atoms with Gasteiger partial charge in [-0.25, -0.2) is 4.79 Å². The van der Waals surface area contributed by atoms with Crippen LogP contribution in [0.4, 0.5) is 0 Å². The third-order valence-corrected chi connectivity index (χ3v) is 5.18. The molecule has 0 bridgehead atoms. The summed E-state index contributed by atoms with van der Waals surface area (Å²) < 4.78 is 0. The van der Waals surface area contributed by atoms with Crippen LogP contribution in [0.15, 0.2) is 0 Å². The van der Waals surface area contributed by atoms with Gasteiger partial charge >= 0.3 is 5.97 Å². The zero-order valence-corrected chi connectivity index (χ0v) is 16.8. The van der Waals surface area contributed by atoms with Crippen molar-refractivity contribution in [3.05, 3.63) is 0 Å². The summed E-state index contributed by atoms with van der Waals surface area (Å²) in [6, 6.07) is -4.03. The molecule has 0 aromatic carbocycles. The average Bonchev–Trinajstić information content (AvgIpc) is 3.13. The van der Waals surface area contributed by atoms with E-state index in [1.165, 1.54) is 13.8 Å². The fourth-order valence-corrected chi connectivity index (χ4v) is 3.02. The molecule has 6 unspecified atom stereocenters. The first-order valence-corrected chi connectivity index (χ1v) is 9.58. The van der Waals surface area contributed by atoms with Crippen LogP contribution in [0.5, 0.6) is 0 Å². The Morgan fingerprint density at radius 1 is 1.14 bits per heavy atom. The Kier molecular flexibility index (Phi) is 8.83. The number of aliphatic hydroxyl groups is 1. The lowest BCUT2D eigenvalue weighted by molar-refractivity contribution is -0.150. The number of likely N-dealkylation sites (tertiary alicyclic amines) is 1. The number of hydrogen-bond donors (Lipinski definition) is 5. The second kappa shape index (κ2) is 10.4. The molecule has 10 heteroatoms. The summed E-state index contributed by atoms with van der Waals surface area (Å²) in [5.74, 6) is -3.01. The zero-order valence-electron chi connectivity index (χ0n) is 16.8. The molecular weight excluding hydrogens is 368 g/mol. The lowest BCUT2D eigenvalue weighted by atomic mass is 9.99. The number of nitrogens with zero attached hydrogens (tertiary/aromatic N) is 1. The molecular formula is C18H32N4O6. The standard InChI is InChI=1S/C18H32N4O6/c1-5-9(2)13(19)16(25)20-10(3)15(24)21-14(11(4)23)17(26)22-8-6-7-12(22)18(27)28/h9-14,23H,5-8,19H2,1-4H3,(H,20,25)(H,21,24)(H,27,28). The largest absolute Gasteiger partial charge is 0.480 e. The molecule has 3 amide bonds. The fourth-order valence-electron chi connectivity index (χ4n) is 3.02. The quantitative estimate of drug-likeness (QED) is 0.325. The number of amides is 3. The van der Waals surface area contributed by atoms with Gasteiger partial charge in [-0.2, -0.15) is 0 Å². The Labute approximate surface area is 164 Å². The molecule has 0 radical (unpaired) electrons. The highest BCUT2D eigenvalue weighted by molar-refractivity contribution is 5.94. The SMILES string of the molecule is CCC(C)C(N)C(=O)NC(C)C(=O)NC(C(=O)N1CCCC1C(=O)O)C(C)O. The van der Waals surface area contributed by atoms with Crippen LogP contribution in [0.25, 0.3) is 0 Å². The number of nitrogens with one attached hydrogen (secondary N) is 2. The van der Waals surface area contributed by atoms with Gasteiger partial charge in [0.25, 0.3) is 0 Å². The molecule has 1 saturated heterocycles. The number of rotatable bonds is 9. The smallest absolute Gasteiger partial charge is 0.326 e. The van der Waals surface area contributed by atoms with Crippen LogP contribution in [-0.4, -0.2) is 75.6 Å². The Morgan fingerprint density at radius 2 is 1.75 bits per heavy atom. The van der Waals surface area contributed by atoms with Gasteiger partial charge in [0.2, 0.25) is 17.7 Å². The minimum atomic E-state index is -1.31. The van der Waals surface area contributed by atoms with E-state index < -0.39 is 54.0 Å². The van der Waals surface area contributed by atoms with E-state index in [1.54, 1.807) is 0 Å². The minimum absolute atomic E-state index is 0.0647. The molecule has 0 spiro atoms. The number of carbonyl (C=O) groups is 4. The van der Waals surface area contributed by atoms with Crippen LogP contribution in [0.3, 0.4) is 0 Å². The van der Waals surface area contributed by atoms with Gasteiger partial charge in [0.05, 0.1) is 12.1 Å². The Morgan fingerprint density at radius 3 is 2.25 bits per heavy atom. The molecule has 0 aliphatic carbocycles. The van der Waals surface area contributed by atoms with E-state index in [2.05, 4.69) is 10.6 Å². The predicted octanol–water partition coefficient (Wildman–Crippen LogP) is -1.19. The van der Waals surface area contributed by atoms with Gasteiger partial charge in [0, 0.05) is 6.54 Å². The number of carboxylic acid groups (broad SMARTS) is 1. The Bertz CT molecular complexity index is 597.